The van der Waals surface area contributed by atoms with Crippen LogP contribution in [0.15, 0.2) is 18.2 Å². The van der Waals surface area contributed by atoms with E-state index in [2.05, 4.69) is 10.2 Å². The Bertz CT molecular complexity index is 908. The average Bonchev–Trinajstić information content (AvgIpc) is 3.54. The lowest BCUT2D eigenvalue weighted by atomic mass is 9.80. The van der Waals surface area contributed by atoms with E-state index >= 15 is 0 Å². The first-order valence-corrected chi connectivity index (χ1v) is 12.3. The lowest BCUT2D eigenvalue weighted by Crippen LogP contribution is -2.49. The molecule has 1 unspecified atom stereocenters. The first-order chi connectivity index (χ1) is 16.8. The number of nitrogens with one attached hydrogen (secondary N) is 1. The molecule has 1 N–H and O–H groups in total. The molecule has 2 aliphatic heterocycles. The number of ether oxygens (including phenoxy) is 2. The summed E-state index contributed by atoms with van der Waals surface area (Å²) in [5, 5.41) is 2.67. The normalized spacial score (nSPS) is 25.2. The summed E-state index contributed by atoms with van der Waals surface area (Å²) in [6.45, 7) is 2.61. The Morgan fingerprint density at radius 1 is 1.06 bits per heavy atom. The largest absolute Gasteiger partial charge is 0.416 e. The zero-order chi connectivity index (χ0) is 26.2. The molecule has 1 aliphatic carbocycles. The second kappa shape index (κ2) is 10.1. The summed E-state index contributed by atoms with van der Waals surface area (Å²) in [5.74, 6) is 0.0990. The SMILES string of the molecule is COC1(CN2CCC(CC3CC3)(C(=O)NCc3cc(C(F)(F)F)cc(C(F)(F)F)c3)C2)CCOCC1. The van der Waals surface area contributed by atoms with Gasteiger partial charge in [-0.15, -0.1) is 0 Å². The third-order valence-corrected chi connectivity index (χ3v) is 7.74. The molecule has 1 atom stereocenters. The number of benzene rings is 1. The van der Waals surface area contributed by atoms with E-state index in [1.807, 2.05) is 0 Å². The van der Waals surface area contributed by atoms with Crippen LogP contribution in [0.5, 0.6) is 0 Å². The van der Waals surface area contributed by atoms with Crippen LogP contribution in [-0.2, 0) is 33.2 Å². The topological polar surface area (TPSA) is 50.8 Å². The smallest absolute Gasteiger partial charge is 0.381 e. The minimum absolute atomic E-state index is 0.0939. The first-order valence-electron chi connectivity index (χ1n) is 12.3. The van der Waals surface area contributed by atoms with Crippen LogP contribution in [0, 0.1) is 11.3 Å². The van der Waals surface area contributed by atoms with Gasteiger partial charge in [0, 0.05) is 52.8 Å². The van der Waals surface area contributed by atoms with Crippen molar-refractivity contribution in [1.82, 2.24) is 10.2 Å². The van der Waals surface area contributed by atoms with Crippen molar-refractivity contribution < 1.29 is 40.6 Å². The van der Waals surface area contributed by atoms with Gasteiger partial charge < -0.3 is 14.8 Å². The highest BCUT2D eigenvalue weighted by Gasteiger charge is 2.49. The number of alkyl halides is 6. The summed E-state index contributed by atoms with van der Waals surface area (Å²) in [4.78, 5) is 15.6. The molecule has 2 saturated heterocycles. The highest BCUT2D eigenvalue weighted by atomic mass is 19.4. The fraction of sp³-hybridized carbons (Fsp3) is 0.720. The second-order valence-corrected chi connectivity index (χ2v) is 10.5. The molecule has 11 heteroatoms. The van der Waals surface area contributed by atoms with Gasteiger partial charge in [0.2, 0.25) is 5.91 Å². The molecular formula is C25H32F6N2O3. The fourth-order valence-corrected chi connectivity index (χ4v) is 5.48. The molecule has 0 spiro atoms. The van der Waals surface area contributed by atoms with Gasteiger partial charge in [-0.2, -0.15) is 26.3 Å². The molecule has 5 nitrogen and oxygen atoms in total. The Morgan fingerprint density at radius 2 is 1.67 bits per heavy atom. The van der Waals surface area contributed by atoms with Crippen LogP contribution in [-0.4, -0.2) is 56.4 Å². The first kappa shape index (κ1) is 27.2. The summed E-state index contributed by atoms with van der Waals surface area (Å²) in [6, 6.07) is 1.42. The monoisotopic (exact) mass is 522 g/mol. The predicted molar refractivity (Wildman–Crippen MR) is 119 cm³/mol. The molecule has 1 saturated carbocycles. The number of carbonyl (C=O) groups is 1. The highest BCUT2D eigenvalue weighted by Crippen LogP contribution is 2.46. The van der Waals surface area contributed by atoms with Crippen LogP contribution < -0.4 is 5.32 Å². The summed E-state index contributed by atoms with van der Waals surface area (Å²) >= 11 is 0. The average molecular weight is 523 g/mol. The van der Waals surface area contributed by atoms with E-state index in [0.29, 0.717) is 63.7 Å². The minimum atomic E-state index is -4.93. The minimum Gasteiger partial charge on any atom is -0.381 e. The summed E-state index contributed by atoms with van der Waals surface area (Å²) in [7, 11) is 1.68. The van der Waals surface area contributed by atoms with Crippen molar-refractivity contribution in [3.05, 3.63) is 34.9 Å². The molecule has 1 aromatic carbocycles. The maximum atomic E-state index is 13.4. The van der Waals surface area contributed by atoms with Crippen molar-refractivity contribution >= 4 is 5.91 Å². The predicted octanol–water partition coefficient (Wildman–Crippen LogP) is 5.03. The number of hydrogen-bond donors (Lipinski definition) is 1. The molecule has 0 aromatic heterocycles. The summed E-state index contributed by atoms with van der Waals surface area (Å²) < 4.78 is 90.6. The van der Waals surface area contributed by atoms with Crippen LogP contribution in [0.3, 0.4) is 0 Å². The van der Waals surface area contributed by atoms with Gasteiger partial charge >= 0.3 is 12.4 Å². The van der Waals surface area contributed by atoms with Crippen molar-refractivity contribution in [2.45, 2.75) is 63.0 Å². The van der Waals surface area contributed by atoms with Crippen molar-refractivity contribution in [3.63, 3.8) is 0 Å². The van der Waals surface area contributed by atoms with E-state index in [4.69, 9.17) is 9.47 Å². The van der Waals surface area contributed by atoms with Gasteiger partial charge in [-0.3, -0.25) is 9.69 Å². The Labute approximate surface area is 206 Å². The molecule has 4 rings (SSSR count). The van der Waals surface area contributed by atoms with Crippen LogP contribution >= 0.6 is 0 Å². The number of hydrogen-bond acceptors (Lipinski definition) is 4. The van der Waals surface area contributed by atoms with E-state index in [1.165, 1.54) is 0 Å². The number of likely N-dealkylation sites (tertiary alicyclic amines) is 1. The molecule has 2 heterocycles. The third-order valence-electron chi connectivity index (χ3n) is 7.74. The van der Waals surface area contributed by atoms with Gasteiger partial charge in [-0.1, -0.05) is 12.8 Å². The maximum absolute atomic E-state index is 13.4. The molecule has 0 radical (unpaired) electrons. The highest BCUT2D eigenvalue weighted by molar-refractivity contribution is 5.83. The van der Waals surface area contributed by atoms with Crippen molar-refractivity contribution in [2.75, 3.05) is 40.0 Å². The Kier molecular flexibility index (Phi) is 7.65. The zero-order valence-electron chi connectivity index (χ0n) is 20.2. The van der Waals surface area contributed by atoms with Crippen molar-refractivity contribution in [3.8, 4) is 0 Å². The quantitative estimate of drug-likeness (QED) is 0.487. The molecule has 36 heavy (non-hydrogen) atoms. The van der Waals surface area contributed by atoms with E-state index in [1.54, 1.807) is 7.11 Å². The standard InChI is InChI=1S/C25H32F6N2O3/c1-35-23(5-8-36-9-6-23)16-33-7-4-22(15-33,13-17-2-3-17)21(34)32-14-18-10-19(24(26,27)28)12-20(11-18)25(29,30)31/h10-12,17H,2-9,13-16H2,1H3,(H,32,34). The number of carbonyl (C=O) groups excluding carboxylic acids is 1. The van der Waals surface area contributed by atoms with Gasteiger partial charge in [-0.25, -0.2) is 0 Å². The van der Waals surface area contributed by atoms with Crippen molar-refractivity contribution in [2.24, 2.45) is 11.3 Å². The van der Waals surface area contributed by atoms with E-state index in [0.717, 1.165) is 25.7 Å². The van der Waals surface area contributed by atoms with Crippen LogP contribution in [0.1, 0.15) is 55.2 Å². The van der Waals surface area contributed by atoms with Gasteiger partial charge in [0.05, 0.1) is 22.1 Å². The van der Waals surface area contributed by atoms with Crippen molar-refractivity contribution in [1.29, 1.82) is 0 Å². The molecular weight excluding hydrogens is 490 g/mol. The molecule has 202 valence electrons. The summed E-state index contributed by atoms with van der Waals surface area (Å²) in [5.41, 5.74) is -4.08. The van der Waals surface area contributed by atoms with E-state index in [-0.39, 0.29) is 23.1 Å². The third kappa shape index (κ3) is 6.34. The number of nitrogens with zero attached hydrogens (tertiary/aromatic N) is 1. The molecule has 3 aliphatic rings. The van der Waals surface area contributed by atoms with Gasteiger partial charge in [0.25, 0.3) is 0 Å². The molecule has 0 bridgehead atoms. The lowest BCUT2D eigenvalue weighted by Gasteiger charge is -2.39. The molecule has 1 amide bonds. The Hall–Kier alpha value is -1.85. The van der Waals surface area contributed by atoms with Gasteiger partial charge in [-0.05, 0) is 49.1 Å². The van der Waals surface area contributed by atoms with Crippen LogP contribution in [0.4, 0.5) is 26.3 Å². The van der Waals surface area contributed by atoms with Gasteiger partial charge in [0.15, 0.2) is 0 Å². The molecule has 1 aromatic rings. The van der Waals surface area contributed by atoms with E-state index in [9.17, 15) is 31.1 Å². The zero-order valence-corrected chi connectivity index (χ0v) is 20.2. The number of methoxy groups -OCH3 is 1. The fourth-order valence-electron chi connectivity index (χ4n) is 5.48. The maximum Gasteiger partial charge on any atom is 0.416 e. The lowest BCUT2D eigenvalue weighted by molar-refractivity contribution is -0.143. The van der Waals surface area contributed by atoms with E-state index < -0.39 is 35.4 Å². The van der Waals surface area contributed by atoms with Crippen LogP contribution in [0.25, 0.3) is 0 Å². The Balaban J connectivity index is 1.48. The Morgan fingerprint density at radius 3 is 2.19 bits per heavy atom. The number of halogens is 6. The van der Waals surface area contributed by atoms with Crippen LogP contribution in [0.2, 0.25) is 0 Å². The summed E-state index contributed by atoms with van der Waals surface area (Å²) in [6.07, 6.45) is -5.07. The molecule has 3 fully saturated rings. The number of rotatable bonds is 8. The van der Waals surface area contributed by atoms with Gasteiger partial charge in [0.1, 0.15) is 0 Å². The second-order valence-electron chi connectivity index (χ2n) is 10.5. The number of amides is 1.